The molecule has 16 heavy (non-hydrogen) atoms. The van der Waals surface area contributed by atoms with E-state index in [1.165, 1.54) is 0 Å². The molecule has 0 bridgehead atoms. The van der Waals surface area contributed by atoms with E-state index in [4.69, 9.17) is 0 Å². The molecule has 0 amide bonds. The highest BCUT2D eigenvalue weighted by Crippen LogP contribution is 2.15. The summed E-state index contributed by atoms with van der Waals surface area (Å²) in [6.45, 7) is 8.71. The molecule has 0 saturated carbocycles. The zero-order valence-corrected chi connectivity index (χ0v) is 12.4. The summed E-state index contributed by atoms with van der Waals surface area (Å²) in [5, 5.41) is 3.65. The summed E-state index contributed by atoms with van der Waals surface area (Å²) in [5.74, 6) is 1.44. The van der Waals surface area contributed by atoms with Crippen LogP contribution in [0.2, 0.25) is 0 Å². The average Bonchev–Trinajstić information content (AvgIpc) is 2.28. The van der Waals surface area contributed by atoms with Crippen molar-refractivity contribution < 1.29 is 4.21 Å². The largest absolute Gasteiger partial charge is 0.316 e. The van der Waals surface area contributed by atoms with Crippen LogP contribution in [0.5, 0.6) is 0 Å². The first-order chi connectivity index (χ1) is 7.60. The van der Waals surface area contributed by atoms with E-state index < -0.39 is 10.8 Å². The number of rotatable bonds is 9. The Morgan fingerprint density at radius 1 is 1.19 bits per heavy atom. The van der Waals surface area contributed by atoms with Crippen LogP contribution < -0.4 is 5.32 Å². The summed E-state index contributed by atoms with van der Waals surface area (Å²) in [6.07, 6.45) is 4.42. The van der Waals surface area contributed by atoms with Gasteiger partial charge in [0.05, 0.1) is 0 Å². The molecule has 4 atom stereocenters. The Hall–Kier alpha value is 0.110. The lowest BCUT2D eigenvalue weighted by molar-refractivity contribution is 0.478. The van der Waals surface area contributed by atoms with E-state index in [-0.39, 0.29) is 0 Å². The lowest BCUT2D eigenvalue weighted by Gasteiger charge is -2.26. The molecule has 0 aliphatic rings. The van der Waals surface area contributed by atoms with Gasteiger partial charge in [0, 0.05) is 27.8 Å². The molecule has 2 nitrogen and oxygen atoms in total. The zero-order chi connectivity index (χ0) is 12.6. The molecule has 0 fully saturated rings. The second kappa shape index (κ2) is 9.17. The Morgan fingerprint density at radius 2 is 1.81 bits per heavy atom. The van der Waals surface area contributed by atoms with Gasteiger partial charge < -0.3 is 5.32 Å². The van der Waals surface area contributed by atoms with Gasteiger partial charge >= 0.3 is 0 Å². The summed E-state index contributed by atoms with van der Waals surface area (Å²) in [4.78, 5) is 0. The van der Waals surface area contributed by atoms with Crippen molar-refractivity contribution in [3.63, 3.8) is 0 Å². The van der Waals surface area contributed by atoms with Gasteiger partial charge in [0.2, 0.25) is 0 Å². The van der Waals surface area contributed by atoms with E-state index in [0.29, 0.717) is 17.2 Å². The van der Waals surface area contributed by atoms with Crippen molar-refractivity contribution in [2.24, 2.45) is 5.92 Å². The van der Waals surface area contributed by atoms with Crippen molar-refractivity contribution >= 4 is 10.8 Å². The normalized spacial score (nSPS) is 19.1. The van der Waals surface area contributed by atoms with Gasteiger partial charge in [-0.1, -0.05) is 40.5 Å². The van der Waals surface area contributed by atoms with E-state index in [0.717, 1.165) is 31.4 Å². The first kappa shape index (κ1) is 16.1. The molecule has 0 aliphatic carbocycles. The molecule has 0 heterocycles. The minimum absolute atomic E-state index is 0.318. The summed E-state index contributed by atoms with van der Waals surface area (Å²) in [6, 6.07) is 0.417. The van der Waals surface area contributed by atoms with Crippen molar-refractivity contribution in [2.45, 2.75) is 64.7 Å². The maximum atomic E-state index is 12.3. The predicted molar refractivity (Wildman–Crippen MR) is 74.3 cm³/mol. The highest BCUT2D eigenvalue weighted by Gasteiger charge is 2.24. The topological polar surface area (TPSA) is 29.1 Å². The third-order valence-corrected chi connectivity index (χ3v) is 5.54. The van der Waals surface area contributed by atoms with Gasteiger partial charge in [-0.25, -0.2) is 0 Å². The van der Waals surface area contributed by atoms with Crippen LogP contribution in [-0.4, -0.2) is 28.3 Å². The molecule has 0 aliphatic heterocycles. The van der Waals surface area contributed by atoms with Crippen molar-refractivity contribution in [2.75, 3.05) is 12.8 Å². The summed E-state index contributed by atoms with van der Waals surface area (Å²) in [7, 11) is 1.31. The molecule has 4 unspecified atom stereocenters. The van der Waals surface area contributed by atoms with E-state index in [1.807, 2.05) is 7.05 Å². The number of hydrogen-bond donors (Lipinski definition) is 1. The molecular weight excluding hydrogens is 218 g/mol. The lowest BCUT2D eigenvalue weighted by atomic mass is 10.1. The highest BCUT2D eigenvalue weighted by atomic mass is 32.2. The standard InChI is InChI=1S/C13H29NOS/c1-6-9-12(14-5)13(8-3)16(15)10-11(4)7-2/h11-14H,6-10H2,1-5H3. The van der Waals surface area contributed by atoms with E-state index >= 15 is 0 Å². The van der Waals surface area contributed by atoms with Crippen LogP contribution in [0.3, 0.4) is 0 Å². The fraction of sp³-hybridized carbons (Fsp3) is 1.00. The molecule has 0 saturated heterocycles. The molecule has 0 aromatic rings. The summed E-state index contributed by atoms with van der Waals surface area (Å²) >= 11 is 0. The molecule has 0 rings (SSSR count). The minimum atomic E-state index is -0.682. The Morgan fingerprint density at radius 3 is 2.19 bits per heavy atom. The van der Waals surface area contributed by atoms with Crippen LogP contribution >= 0.6 is 0 Å². The zero-order valence-electron chi connectivity index (χ0n) is 11.6. The molecule has 1 N–H and O–H groups in total. The maximum absolute atomic E-state index is 12.3. The van der Waals surface area contributed by atoms with E-state index in [2.05, 4.69) is 33.0 Å². The van der Waals surface area contributed by atoms with Crippen molar-refractivity contribution in [1.29, 1.82) is 0 Å². The van der Waals surface area contributed by atoms with Crippen molar-refractivity contribution in [1.82, 2.24) is 5.32 Å². The van der Waals surface area contributed by atoms with Gasteiger partial charge in [0.1, 0.15) is 0 Å². The van der Waals surface area contributed by atoms with Crippen LogP contribution in [0.15, 0.2) is 0 Å². The van der Waals surface area contributed by atoms with E-state index in [1.54, 1.807) is 0 Å². The second-order valence-corrected chi connectivity index (χ2v) is 6.39. The average molecular weight is 247 g/mol. The van der Waals surface area contributed by atoms with Gasteiger partial charge in [-0.15, -0.1) is 0 Å². The first-order valence-electron chi connectivity index (χ1n) is 6.64. The molecular formula is C13H29NOS. The molecule has 0 spiro atoms. The third kappa shape index (κ3) is 5.44. The Labute approximate surface area is 104 Å². The van der Waals surface area contributed by atoms with Gasteiger partial charge in [0.15, 0.2) is 0 Å². The SMILES string of the molecule is CCCC(NC)C(CC)S(=O)CC(C)CC. The predicted octanol–water partition coefficient (Wildman–Crippen LogP) is 2.95. The first-order valence-corrected chi connectivity index (χ1v) is 8.03. The molecule has 98 valence electrons. The minimum Gasteiger partial charge on any atom is -0.316 e. The summed E-state index contributed by atoms with van der Waals surface area (Å²) in [5.41, 5.74) is 0. The Kier molecular flexibility index (Phi) is 9.24. The second-order valence-electron chi connectivity index (χ2n) is 4.69. The Bertz CT molecular complexity index is 196. The fourth-order valence-electron chi connectivity index (χ4n) is 2.00. The fourth-order valence-corrected chi connectivity index (χ4v) is 4.06. The summed E-state index contributed by atoms with van der Waals surface area (Å²) < 4.78 is 12.3. The molecule has 0 aromatic heterocycles. The smallest absolute Gasteiger partial charge is 0.0498 e. The Balaban J connectivity index is 4.38. The lowest BCUT2D eigenvalue weighted by Crippen LogP contribution is -2.41. The van der Waals surface area contributed by atoms with Gasteiger partial charge in [-0.05, 0) is 25.8 Å². The molecule has 0 aromatic carbocycles. The monoisotopic (exact) mass is 247 g/mol. The van der Waals surface area contributed by atoms with Crippen LogP contribution in [0.25, 0.3) is 0 Å². The van der Waals surface area contributed by atoms with Gasteiger partial charge in [-0.3, -0.25) is 4.21 Å². The van der Waals surface area contributed by atoms with Gasteiger partial charge in [0.25, 0.3) is 0 Å². The van der Waals surface area contributed by atoms with E-state index in [9.17, 15) is 4.21 Å². The van der Waals surface area contributed by atoms with Crippen LogP contribution in [-0.2, 0) is 10.8 Å². The van der Waals surface area contributed by atoms with Crippen LogP contribution in [0, 0.1) is 5.92 Å². The van der Waals surface area contributed by atoms with Crippen molar-refractivity contribution in [3.05, 3.63) is 0 Å². The molecule has 0 radical (unpaired) electrons. The van der Waals surface area contributed by atoms with Crippen LogP contribution in [0.4, 0.5) is 0 Å². The van der Waals surface area contributed by atoms with Crippen molar-refractivity contribution in [3.8, 4) is 0 Å². The number of nitrogens with one attached hydrogen (secondary N) is 1. The molecule has 3 heteroatoms. The number of hydrogen-bond acceptors (Lipinski definition) is 2. The maximum Gasteiger partial charge on any atom is 0.0498 e. The van der Waals surface area contributed by atoms with Gasteiger partial charge in [-0.2, -0.15) is 0 Å². The third-order valence-electron chi connectivity index (χ3n) is 3.31. The highest BCUT2D eigenvalue weighted by molar-refractivity contribution is 7.85. The quantitative estimate of drug-likeness (QED) is 0.679. The van der Waals surface area contributed by atoms with Crippen LogP contribution in [0.1, 0.15) is 53.4 Å².